The Morgan fingerprint density at radius 2 is 2.12 bits per heavy atom. The zero-order valence-electron chi connectivity index (χ0n) is 14.4. The van der Waals surface area contributed by atoms with E-state index >= 15 is 0 Å². The summed E-state index contributed by atoms with van der Waals surface area (Å²) >= 11 is 0. The van der Waals surface area contributed by atoms with E-state index in [1.807, 2.05) is 18.2 Å². The van der Waals surface area contributed by atoms with E-state index in [1.54, 1.807) is 24.4 Å². The minimum atomic E-state index is -0.464. The van der Waals surface area contributed by atoms with Gasteiger partial charge in [0.15, 0.2) is 0 Å². The van der Waals surface area contributed by atoms with Gasteiger partial charge in [-0.25, -0.2) is 5.06 Å². The monoisotopic (exact) mass is 351 g/mol. The molecule has 1 spiro atoms. The Labute approximate surface area is 151 Å². The Morgan fingerprint density at radius 3 is 2.85 bits per heavy atom. The molecule has 134 valence electrons. The number of rotatable bonds is 3. The molecule has 1 fully saturated rings. The molecule has 1 aliphatic carbocycles. The minimum Gasteiger partial charge on any atom is -0.356 e. The quantitative estimate of drug-likeness (QED) is 0.655. The zero-order valence-corrected chi connectivity index (χ0v) is 14.4. The molecule has 2 heterocycles. The second-order valence-corrected chi connectivity index (χ2v) is 7.13. The minimum absolute atomic E-state index is 0.0309. The van der Waals surface area contributed by atoms with Crippen LogP contribution in [0.5, 0.6) is 0 Å². The van der Waals surface area contributed by atoms with Crippen molar-refractivity contribution in [2.24, 2.45) is 5.41 Å². The third-order valence-corrected chi connectivity index (χ3v) is 5.50. The lowest BCUT2D eigenvalue weighted by Gasteiger charge is -2.32. The van der Waals surface area contributed by atoms with Crippen LogP contribution in [0.1, 0.15) is 40.0 Å². The maximum Gasteiger partial charge on any atom is 0.277 e. The smallest absolute Gasteiger partial charge is 0.277 e. The third kappa shape index (κ3) is 2.97. The fourth-order valence-electron chi connectivity index (χ4n) is 3.98. The number of nitrogens with one attached hydrogen (secondary N) is 1. The molecule has 4 rings (SSSR count). The van der Waals surface area contributed by atoms with Crippen LogP contribution >= 0.6 is 0 Å². The van der Waals surface area contributed by atoms with Crippen molar-refractivity contribution in [2.45, 2.75) is 32.2 Å². The van der Waals surface area contributed by atoms with Crippen LogP contribution in [0.4, 0.5) is 0 Å². The number of fused-ring (bicyclic) bond motifs is 1. The SMILES string of the molecule is O=C(c1ccc2c(c1)C[C@]1(CCNC1=O)CC2)N(O)Cc1ccccn1. The number of benzene rings is 1. The maximum absolute atomic E-state index is 12.6. The number of aromatic nitrogens is 1. The Bertz CT molecular complexity index is 853. The third-order valence-electron chi connectivity index (χ3n) is 5.50. The average Bonchev–Trinajstić information content (AvgIpc) is 3.01. The van der Waals surface area contributed by atoms with E-state index in [2.05, 4.69) is 10.3 Å². The Kier molecular flexibility index (Phi) is 4.20. The van der Waals surface area contributed by atoms with E-state index in [0.29, 0.717) is 22.7 Å². The second kappa shape index (κ2) is 6.53. The second-order valence-electron chi connectivity index (χ2n) is 7.13. The molecule has 2 aliphatic rings. The van der Waals surface area contributed by atoms with Crippen molar-refractivity contribution >= 4 is 11.8 Å². The molecule has 0 bridgehead atoms. The molecule has 0 radical (unpaired) electrons. The number of hydroxylamine groups is 2. The summed E-state index contributed by atoms with van der Waals surface area (Å²) in [6.07, 6.45) is 4.81. The standard InChI is InChI=1S/C20H21N3O3/c24-18(23(26)13-17-3-1-2-9-21-17)15-5-4-14-6-7-20(12-16(14)11-15)8-10-22-19(20)25/h1-5,9,11,26H,6-8,10,12-13H2,(H,22,25)/t20-/m1/s1. The van der Waals surface area contributed by atoms with Crippen molar-refractivity contribution in [3.63, 3.8) is 0 Å². The van der Waals surface area contributed by atoms with Crippen LogP contribution in [0.15, 0.2) is 42.6 Å². The highest BCUT2D eigenvalue weighted by Gasteiger charge is 2.44. The number of amides is 2. The number of carbonyl (C=O) groups is 2. The van der Waals surface area contributed by atoms with Gasteiger partial charge in [0.25, 0.3) is 5.91 Å². The molecule has 26 heavy (non-hydrogen) atoms. The summed E-state index contributed by atoms with van der Waals surface area (Å²) < 4.78 is 0. The number of aryl methyl sites for hydroxylation is 1. The highest BCUT2D eigenvalue weighted by atomic mass is 16.5. The molecule has 0 unspecified atom stereocenters. The molecule has 1 aliphatic heterocycles. The van der Waals surface area contributed by atoms with E-state index in [0.717, 1.165) is 31.4 Å². The predicted octanol–water partition coefficient (Wildman–Crippen LogP) is 2.11. The first-order chi connectivity index (χ1) is 12.6. The summed E-state index contributed by atoms with van der Waals surface area (Å²) in [4.78, 5) is 29.0. The summed E-state index contributed by atoms with van der Waals surface area (Å²) in [5.74, 6) is -0.340. The summed E-state index contributed by atoms with van der Waals surface area (Å²) in [5.41, 5.74) is 2.92. The highest BCUT2D eigenvalue weighted by Crippen LogP contribution is 2.41. The summed E-state index contributed by atoms with van der Waals surface area (Å²) in [6, 6.07) is 10.9. The average molecular weight is 351 g/mol. The van der Waals surface area contributed by atoms with E-state index in [-0.39, 0.29) is 17.9 Å². The van der Waals surface area contributed by atoms with Crippen molar-refractivity contribution in [1.82, 2.24) is 15.4 Å². The lowest BCUT2D eigenvalue weighted by atomic mass is 9.70. The molecule has 2 amide bonds. The molecule has 1 atom stereocenters. The van der Waals surface area contributed by atoms with Gasteiger partial charge in [0.2, 0.25) is 5.91 Å². The fourth-order valence-corrected chi connectivity index (χ4v) is 3.98. The summed E-state index contributed by atoms with van der Waals surface area (Å²) in [6.45, 7) is 0.754. The molecule has 2 aromatic rings. The number of nitrogens with zero attached hydrogens (tertiary/aromatic N) is 2. The topological polar surface area (TPSA) is 82.5 Å². The molecule has 6 nitrogen and oxygen atoms in total. The van der Waals surface area contributed by atoms with Gasteiger partial charge in [0, 0.05) is 18.3 Å². The predicted molar refractivity (Wildman–Crippen MR) is 94.4 cm³/mol. The van der Waals surface area contributed by atoms with Crippen LogP contribution in [0.2, 0.25) is 0 Å². The van der Waals surface area contributed by atoms with Crippen molar-refractivity contribution in [1.29, 1.82) is 0 Å². The van der Waals surface area contributed by atoms with Gasteiger partial charge in [-0.3, -0.25) is 19.8 Å². The van der Waals surface area contributed by atoms with Crippen LogP contribution in [0, 0.1) is 5.41 Å². The van der Waals surface area contributed by atoms with Gasteiger partial charge in [-0.15, -0.1) is 0 Å². The van der Waals surface area contributed by atoms with Crippen molar-refractivity contribution < 1.29 is 14.8 Å². The van der Waals surface area contributed by atoms with E-state index in [9.17, 15) is 14.8 Å². The summed E-state index contributed by atoms with van der Waals surface area (Å²) in [5, 5.41) is 13.8. The largest absolute Gasteiger partial charge is 0.356 e. The lowest BCUT2D eigenvalue weighted by Crippen LogP contribution is -2.36. The molecule has 1 aromatic carbocycles. The Balaban J connectivity index is 1.54. The van der Waals surface area contributed by atoms with Crippen LogP contribution in [-0.2, 0) is 24.2 Å². The number of carbonyl (C=O) groups excluding carboxylic acids is 2. The van der Waals surface area contributed by atoms with E-state index in [1.165, 1.54) is 5.56 Å². The zero-order chi connectivity index (χ0) is 18.1. The summed E-state index contributed by atoms with van der Waals surface area (Å²) in [7, 11) is 0. The van der Waals surface area contributed by atoms with Crippen molar-refractivity contribution in [3.8, 4) is 0 Å². The van der Waals surface area contributed by atoms with Crippen LogP contribution in [-0.4, -0.2) is 33.6 Å². The molecular formula is C20H21N3O3. The normalized spacial score (nSPS) is 21.3. The van der Waals surface area contributed by atoms with E-state index in [4.69, 9.17) is 0 Å². The number of pyridine rings is 1. The molecule has 2 N–H and O–H groups in total. The van der Waals surface area contributed by atoms with Crippen LogP contribution in [0.3, 0.4) is 0 Å². The van der Waals surface area contributed by atoms with Crippen molar-refractivity contribution in [3.05, 3.63) is 65.0 Å². The highest BCUT2D eigenvalue weighted by molar-refractivity contribution is 5.94. The molecule has 1 saturated heterocycles. The first kappa shape index (κ1) is 16.7. The first-order valence-electron chi connectivity index (χ1n) is 8.88. The van der Waals surface area contributed by atoms with Gasteiger partial charge in [-0.1, -0.05) is 12.1 Å². The van der Waals surface area contributed by atoms with Crippen LogP contribution < -0.4 is 5.32 Å². The molecular weight excluding hydrogens is 330 g/mol. The Hall–Kier alpha value is -2.73. The Morgan fingerprint density at radius 1 is 1.23 bits per heavy atom. The van der Waals surface area contributed by atoms with Gasteiger partial charge in [0.1, 0.15) is 0 Å². The van der Waals surface area contributed by atoms with Gasteiger partial charge in [-0.05, 0) is 61.1 Å². The van der Waals surface area contributed by atoms with E-state index < -0.39 is 5.91 Å². The van der Waals surface area contributed by atoms with Gasteiger partial charge in [0.05, 0.1) is 17.7 Å². The van der Waals surface area contributed by atoms with Gasteiger partial charge >= 0.3 is 0 Å². The lowest BCUT2D eigenvalue weighted by molar-refractivity contribution is -0.128. The molecule has 1 aromatic heterocycles. The maximum atomic E-state index is 12.6. The number of hydrogen-bond donors (Lipinski definition) is 2. The first-order valence-corrected chi connectivity index (χ1v) is 8.88. The molecule has 0 saturated carbocycles. The van der Waals surface area contributed by atoms with Gasteiger partial charge in [-0.2, -0.15) is 0 Å². The van der Waals surface area contributed by atoms with Crippen molar-refractivity contribution in [2.75, 3.05) is 6.54 Å². The van der Waals surface area contributed by atoms with Gasteiger partial charge < -0.3 is 5.32 Å². The fraction of sp³-hybridized carbons (Fsp3) is 0.350. The number of hydrogen-bond acceptors (Lipinski definition) is 4. The van der Waals surface area contributed by atoms with Crippen LogP contribution in [0.25, 0.3) is 0 Å². The molecule has 6 heteroatoms.